The SMILES string of the molecule is Cc1cnccc1OCC1CCN(C(=O)c2cc(-c3ccc(F)cc3)n[nH]2)CC1. The Labute approximate surface area is 168 Å². The van der Waals surface area contributed by atoms with Crippen LogP contribution in [0, 0.1) is 18.7 Å². The number of pyridine rings is 1. The Morgan fingerprint density at radius 1 is 1.24 bits per heavy atom. The minimum atomic E-state index is -0.300. The van der Waals surface area contributed by atoms with Crippen LogP contribution < -0.4 is 4.74 Å². The number of amides is 1. The molecule has 3 heterocycles. The van der Waals surface area contributed by atoms with E-state index in [9.17, 15) is 9.18 Å². The molecule has 2 aromatic heterocycles. The summed E-state index contributed by atoms with van der Waals surface area (Å²) in [6.07, 6.45) is 5.32. The van der Waals surface area contributed by atoms with Crippen LogP contribution in [0.25, 0.3) is 11.3 Å². The number of nitrogens with one attached hydrogen (secondary N) is 1. The molecule has 1 saturated heterocycles. The van der Waals surface area contributed by atoms with E-state index in [1.54, 1.807) is 30.6 Å². The van der Waals surface area contributed by atoms with Crippen molar-refractivity contribution in [3.8, 4) is 17.0 Å². The van der Waals surface area contributed by atoms with Gasteiger partial charge in [-0.3, -0.25) is 14.9 Å². The molecule has 1 aliphatic rings. The van der Waals surface area contributed by atoms with Gasteiger partial charge in [0.05, 0.1) is 12.3 Å². The zero-order valence-electron chi connectivity index (χ0n) is 16.3. The summed E-state index contributed by atoms with van der Waals surface area (Å²) >= 11 is 0. The Morgan fingerprint density at radius 3 is 2.72 bits per heavy atom. The van der Waals surface area contributed by atoms with Crippen molar-refractivity contribution in [3.05, 3.63) is 65.9 Å². The largest absolute Gasteiger partial charge is 0.493 e. The molecule has 0 unspecified atom stereocenters. The van der Waals surface area contributed by atoms with E-state index in [0.717, 1.165) is 29.7 Å². The van der Waals surface area contributed by atoms with Crippen LogP contribution in [-0.2, 0) is 0 Å². The van der Waals surface area contributed by atoms with Crippen molar-refractivity contribution in [1.29, 1.82) is 0 Å². The predicted octanol–water partition coefficient (Wildman–Crippen LogP) is 3.85. The summed E-state index contributed by atoms with van der Waals surface area (Å²) in [6, 6.07) is 9.66. The molecule has 7 heteroatoms. The van der Waals surface area contributed by atoms with Gasteiger partial charge in [-0.2, -0.15) is 5.10 Å². The number of hydrogen-bond acceptors (Lipinski definition) is 4. The molecule has 3 aromatic rings. The Bertz CT molecular complexity index is 978. The molecular formula is C22H23FN4O2. The highest BCUT2D eigenvalue weighted by Crippen LogP contribution is 2.23. The summed E-state index contributed by atoms with van der Waals surface area (Å²) < 4.78 is 19.0. The van der Waals surface area contributed by atoms with E-state index >= 15 is 0 Å². The molecule has 6 nitrogen and oxygen atoms in total. The van der Waals surface area contributed by atoms with Gasteiger partial charge in [-0.15, -0.1) is 0 Å². The summed E-state index contributed by atoms with van der Waals surface area (Å²) in [6.45, 7) is 4.00. The Kier molecular flexibility index (Phi) is 5.55. The van der Waals surface area contributed by atoms with E-state index in [4.69, 9.17) is 4.74 Å². The molecule has 0 radical (unpaired) electrons. The number of nitrogens with zero attached hydrogens (tertiary/aromatic N) is 3. The van der Waals surface area contributed by atoms with Crippen LogP contribution in [0.5, 0.6) is 5.75 Å². The minimum Gasteiger partial charge on any atom is -0.493 e. The number of aryl methyl sites for hydroxylation is 1. The van der Waals surface area contributed by atoms with Gasteiger partial charge in [-0.05, 0) is 62.1 Å². The number of aromatic nitrogens is 3. The molecule has 1 aliphatic heterocycles. The van der Waals surface area contributed by atoms with Crippen LogP contribution in [0.15, 0.2) is 48.8 Å². The average molecular weight is 394 g/mol. The Hall–Kier alpha value is -3.22. The molecule has 0 atom stereocenters. The van der Waals surface area contributed by atoms with Gasteiger partial charge in [-0.1, -0.05) is 0 Å². The van der Waals surface area contributed by atoms with E-state index in [-0.39, 0.29) is 11.7 Å². The molecule has 29 heavy (non-hydrogen) atoms. The van der Waals surface area contributed by atoms with Crippen molar-refractivity contribution in [3.63, 3.8) is 0 Å². The summed E-state index contributed by atoms with van der Waals surface area (Å²) in [5.41, 5.74) is 2.87. The minimum absolute atomic E-state index is 0.0600. The van der Waals surface area contributed by atoms with E-state index in [2.05, 4.69) is 15.2 Å². The first-order valence-corrected chi connectivity index (χ1v) is 9.74. The predicted molar refractivity (Wildman–Crippen MR) is 107 cm³/mol. The number of rotatable bonds is 5. The highest BCUT2D eigenvalue weighted by molar-refractivity contribution is 5.93. The maximum absolute atomic E-state index is 13.1. The average Bonchev–Trinajstić information content (AvgIpc) is 3.24. The van der Waals surface area contributed by atoms with Gasteiger partial charge in [-0.25, -0.2) is 4.39 Å². The number of carbonyl (C=O) groups excluding carboxylic acids is 1. The van der Waals surface area contributed by atoms with Gasteiger partial charge in [0.25, 0.3) is 5.91 Å². The standard InChI is InChI=1S/C22H23FN4O2/c1-15-13-24-9-6-21(15)29-14-16-7-10-27(11-8-16)22(28)20-12-19(25-26-20)17-2-4-18(23)5-3-17/h2-6,9,12-13,16H,7-8,10-11,14H2,1H3,(H,25,26). The van der Waals surface area contributed by atoms with Crippen molar-refractivity contribution >= 4 is 5.91 Å². The number of benzene rings is 1. The van der Waals surface area contributed by atoms with E-state index in [0.29, 0.717) is 37.0 Å². The Morgan fingerprint density at radius 2 is 2.00 bits per heavy atom. The van der Waals surface area contributed by atoms with Crippen molar-refractivity contribution in [2.75, 3.05) is 19.7 Å². The third-order valence-corrected chi connectivity index (χ3v) is 5.29. The monoisotopic (exact) mass is 394 g/mol. The first-order valence-electron chi connectivity index (χ1n) is 9.74. The number of halogens is 1. The normalized spacial score (nSPS) is 14.8. The topological polar surface area (TPSA) is 71.1 Å². The smallest absolute Gasteiger partial charge is 0.271 e. The van der Waals surface area contributed by atoms with Gasteiger partial charge >= 0.3 is 0 Å². The maximum Gasteiger partial charge on any atom is 0.271 e. The van der Waals surface area contributed by atoms with E-state index in [1.165, 1.54) is 12.1 Å². The van der Waals surface area contributed by atoms with Crippen LogP contribution in [0.4, 0.5) is 4.39 Å². The summed E-state index contributed by atoms with van der Waals surface area (Å²) in [7, 11) is 0. The van der Waals surface area contributed by atoms with Crippen molar-refractivity contribution < 1.29 is 13.9 Å². The van der Waals surface area contributed by atoms with Crippen LogP contribution in [0.3, 0.4) is 0 Å². The van der Waals surface area contributed by atoms with Crippen molar-refractivity contribution in [2.24, 2.45) is 5.92 Å². The second-order valence-electron chi connectivity index (χ2n) is 7.36. The number of H-pyrrole nitrogens is 1. The summed E-state index contributed by atoms with van der Waals surface area (Å²) in [4.78, 5) is 18.7. The molecule has 0 saturated carbocycles. The molecule has 1 N–H and O–H groups in total. The molecule has 1 amide bonds. The number of ether oxygens (including phenoxy) is 1. The highest BCUT2D eigenvalue weighted by atomic mass is 19.1. The molecule has 1 aromatic carbocycles. The lowest BCUT2D eigenvalue weighted by Crippen LogP contribution is -2.39. The fourth-order valence-corrected chi connectivity index (χ4v) is 3.50. The first kappa shape index (κ1) is 19.1. The van der Waals surface area contributed by atoms with Crippen LogP contribution in [0.1, 0.15) is 28.9 Å². The van der Waals surface area contributed by atoms with Gasteiger partial charge in [0.2, 0.25) is 0 Å². The zero-order valence-corrected chi connectivity index (χ0v) is 16.3. The number of aromatic amines is 1. The number of likely N-dealkylation sites (tertiary alicyclic amines) is 1. The van der Waals surface area contributed by atoms with Crippen LogP contribution in [-0.4, -0.2) is 45.7 Å². The van der Waals surface area contributed by atoms with Crippen LogP contribution in [0.2, 0.25) is 0 Å². The van der Waals surface area contributed by atoms with Gasteiger partial charge in [0.1, 0.15) is 17.3 Å². The van der Waals surface area contributed by atoms with E-state index in [1.807, 2.05) is 17.9 Å². The highest BCUT2D eigenvalue weighted by Gasteiger charge is 2.25. The maximum atomic E-state index is 13.1. The zero-order chi connectivity index (χ0) is 20.2. The molecule has 1 fully saturated rings. The molecule has 0 aliphatic carbocycles. The number of hydrogen-bond donors (Lipinski definition) is 1. The summed E-state index contributed by atoms with van der Waals surface area (Å²) in [5, 5.41) is 7.01. The van der Waals surface area contributed by atoms with Crippen molar-refractivity contribution in [1.82, 2.24) is 20.1 Å². The third-order valence-electron chi connectivity index (χ3n) is 5.29. The second kappa shape index (κ2) is 8.43. The fraction of sp³-hybridized carbons (Fsp3) is 0.318. The molecule has 150 valence electrons. The van der Waals surface area contributed by atoms with Crippen LogP contribution >= 0.6 is 0 Å². The van der Waals surface area contributed by atoms with E-state index < -0.39 is 0 Å². The fourth-order valence-electron chi connectivity index (χ4n) is 3.50. The van der Waals surface area contributed by atoms with Crippen molar-refractivity contribution in [2.45, 2.75) is 19.8 Å². The molecule has 0 spiro atoms. The Balaban J connectivity index is 1.31. The van der Waals surface area contributed by atoms with Gasteiger partial charge < -0.3 is 9.64 Å². The second-order valence-corrected chi connectivity index (χ2v) is 7.36. The van der Waals surface area contributed by atoms with Gasteiger partial charge in [0.15, 0.2) is 0 Å². The molecular weight excluding hydrogens is 371 g/mol. The van der Waals surface area contributed by atoms with Gasteiger partial charge in [0, 0.05) is 36.6 Å². The number of piperidine rings is 1. The first-order chi connectivity index (χ1) is 14.1. The number of carbonyl (C=O) groups is 1. The lowest BCUT2D eigenvalue weighted by atomic mass is 9.97. The summed E-state index contributed by atoms with van der Waals surface area (Å²) in [5.74, 6) is 0.925. The lowest BCUT2D eigenvalue weighted by Gasteiger charge is -2.31. The molecule has 4 rings (SSSR count). The quantitative estimate of drug-likeness (QED) is 0.714. The molecule has 0 bridgehead atoms. The third kappa shape index (κ3) is 4.45. The lowest BCUT2D eigenvalue weighted by molar-refractivity contribution is 0.0655.